The Balaban J connectivity index is 1.04. The van der Waals surface area contributed by atoms with Crippen LogP contribution in [0.2, 0.25) is 5.02 Å². The molecular formula is C41H51ClN8O5. The van der Waals surface area contributed by atoms with Crippen molar-refractivity contribution in [1.29, 1.82) is 0 Å². The lowest BCUT2D eigenvalue weighted by molar-refractivity contribution is -0.154. The van der Waals surface area contributed by atoms with Gasteiger partial charge in [0.25, 0.3) is 11.8 Å². The summed E-state index contributed by atoms with van der Waals surface area (Å²) in [5, 5.41) is 16.3. The Morgan fingerprint density at radius 1 is 0.909 bits per heavy atom. The number of methoxy groups -OCH3 is 1. The quantitative estimate of drug-likeness (QED) is 0.188. The fourth-order valence-corrected chi connectivity index (χ4v) is 8.96. The summed E-state index contributed by atoms with van der Waals surface area (Å²) in [6.07, 6.45) is 4.52. The highest BCUT2D eigenvalue weighted by atomic mass is 35.5. The van der Waals surface area contributed by atoms with E-state index in [4.69, 9.17) is 26.3 Å². The van der Waals surface area contributed by atoms with Crippen molar-refractivity contribution in [3.63, 3.8) is 0 Å². The van der Waals surface area contributed by atoms with Gasteiger partial charge in [0.1, 0.15) is 0 Å². The van der Waals surface area contributed by atoms with Gasteiger partial charge < -0.3 is 29.6 Å². The van der Waals surface area contributed by atoms with E-state index in [1.54, 1.807) is 13.0 Å². The van der Waals surface area contributed by atoms with Crippen LogP contribution < -0.4 is 10.6 Å². The van der Waals surface area contributed by atoms with Gasteiger partial charge in [-0.2, -0.15) is 0 Å². The molecule has 292 valence electrons. The van der Waals surface area contributed by atoms with E-state index < -0.39 is 11.5 Å². The Bertz CT molecular complexity index is 2130. The van der Waals surface area contributed by atoms with Crippen molar-refractivity contribution >= 4 is 40.8 Å². The van der Waals surface area contributed by atoms with Crippen LogP contribution in [0.5, 0.6) is 0 Å². The van der Waals surface area contributed by atoms with Crippen LogP contribution in [0.1, 0.15) is 89.1 Å². The number of benzene rings is 2. The van der Waals surface area contributed by atoms with E-state index in [1.165, 1.54) is 7.11 Å². The lowest BCUT2D eigenvalue weighted by Gasteiger charge is -2.41. The molecule has 1 saturated carbocycles. The van der Waals surface area contributed by atoms with Gasteiger partial charge in [-0.3, -0.25) is 24.2 Å². The molecule has 3 N–H and O–H groups in total. The zero-order valence-corrected chi connectivity index (χ0v) is 33.3. The number of ether oxygens (including phenoxy) is 1. The molecule has 2 amide bonds. The minimum absolute atomic E-state index is 0.132. The van der Waals surface area contributed by atoms with Crippen LogP contribution in [0, 0.1) is 12.3 Å². The zero-order chi connectivity index (χ0) is 39.2. The molecule has 7 rings (SSSR count). The van der Waals surface area contributed by atoms with E-state index in [-0.39, 0.29) is 17.8 Å². The van der Waals surface area contributed by atoms with Crippen LogP contribution in [-0.2, 0) is 49.6 Å². The Kier molecular flexibility index (Phi) is 10.9. The maximum Gasteiger partial charge on any atom is 0.311 e. The summed E-state index contributed by atoms with van der Waals surface area (Å²) in [5.74, 6) is -0.140. The normalized spacial score (nSPS) is 20.7. The molecular weight excluding hydrogens is 720 g/mol. The van der Waals surface area contributed by atoms with Gasteiger partial charge in [0, 0.05) is 88.3 Å². The van der Waals surface area contributed by atoms with Gasteiger partial charge in [0.2, 0.25) is 0 Å². The molecule has 1 atom stereocenters. The minimum Gasteiger partial charge on any atom is -0.469 e. The molecule has 0 bridgehead atoms. The molecule has 0 radical (unpaired) electrons. The van der Waals surface area contributed by atoms with Crippen molar-refractivity contribution in [3.05, 3.63) is 81.4 Å². The number of rotatable bonds is 9. The van der Waals surface area contributed by atoms with Gasteiger partial charge in [-0.1, -0.05) is 35.9 Å². The summed E-state index contributed by atoms with van der Waals surface area (Å²) in [7, 11) is 5.20. The highest BCUT2D eigenvalue weighted by Gasteiger charge is 2.41. The second-order valence-electron chi connectivity index (χ2n) is 15.7. The predicted octanol–water partition coefficient (Wildman–Crippen LogP) is 5.51. The number of hydrogen-bond acceptors (Lipinski definition) is 9. The van der Waals surface area contributed by atoms with E-state index in [0.29, 0.717) is 59.3 Å². The van der Waals surface area contributed by atoms with Crippen molar-refractivity contribution in [2.45, 2.75) is 84.5 Å². The second kappa shape index (κ2) is 15.5. The molecule has 2 aromatic heterocycles. The highest BCUT2D eigenvalue weighted by molar-refractivity contribution is 6.36. The molecule has 1 unspecified atom stereocenters. The number of nitrogens with one attached hydrogen (secondary N) is 2. The first kappa shape index (κ1) is 38.7. The Labute approximate surface area is 327 Å². The summed E-state index contributed by atoms with van der Waals surface area (Å²) in [5.41, 5.74) is 6.84. The SMILES string of the molecule is COC(=O)C1(C)CCC(N2CCc3c(nc(C(=O)Nc4cccc(-c5cccc(NC(=O)c6nc7c(n6C)CCN(CC(C)O)C7)c5C)c4Cl)n3C)C2)CC1. The number of aromatic nitrogens is 4. The van der Waals surface area contributed by atoms with Gasteiger partial charge in [-0.15, -0.1) is 0 Å². The van der Waals surface area contributed by atoms with Gasteiger partial charge in [0.15, 0.2) is 11.6 Å². The van der Waals surface area contributed by atoms with E-state index in [9.17, 15) is 19.5 Å². The first-order valence-corrected chi connectivity index (χ1v) is 19.5. The smallest absolute Gasteiger partial charge is 0.311 e. The lowest BCUT2D eigenvalue weighted by atomic mass is 9.73. The third-order valence-corrected chi connectivity index (χ3v) is 12.3. The summed E-state index contributed by atoms with van der Waals surface area (Å²) < 4.78 is 8.81. The summed E-state index contributed by atoms with van der Waals surface area (Å²) in [6.45, 7) is 9.16. The molecule has 4 aromatic rings. The van der Waals surface area contributed by atoms with Crippen molar-refractivity contribution in [1.82, 2.24) is 28.9 Å². The molecule has 14 heteroatoms. The molecule has 2 aliphatic heterocycles. The molecule has 2 aromatic carbocycles. The van der Waals surface area contributed by atoms with Crippen LogP contribution in [0.25, 0.3) is 11.1 Å². The summed E-state index contributed by atoms with van der Waals surface area (Å²) >= 11 is 7.02. The molecule has 0 saturated heterocycles. The van der Waals surface area contributed by atoms with Crippen LogP contribution >= 0.6 is 11.6 Å². The second-order valence-corrected chi connectivity index (χ2v) is 16.0. The standard InChI is InChI=1S/C41H51ClN8O5/c1-24(51)21-49-19-15-33-31(22-49)43-36(47(33)4)38(52)45-29-11-7-9-27(25(29)2)28-10-8-12-30(35(28)42)46-39(53)37-44-32-23-50(20-16-34(32)48(37)5)26-13-17-41(3,18-14-26)40(54)55-6/h7-12,24,26,51H,13-23H2,1-6H3,(H,45,52)(H,46,53). The van der Waals surface area contributed by atoms with Gasteiger partial charge in [-0.05, 0) is 69.7 Å². The number of carbonyl (C=O) groups is 3. The maximum absolute atomic E-state index is 13.8. The first-order chi connectivity index (χ1) is 26.3. The average Bonchev–Trinajstić information content (AvgIpc) is 3.68. The molecule has 55 heavy (non-hydrogen) atoms. The maximum atomic E-state index is 13.8. The zero-order valence-electron chi connectivity index (χ0n) is 32.5. The number of hydrogen-bond donors (Lipinski definition) is 3. The van der Waals surface area contributed by atoms with Crippen molar-refractivity contribution in [3.8, 4) is 11.1 Å². The van der Waals surface area contributed by atoms with Crippen molar-refractivity contribution in [2.24, 2.45) is 19.5 Å². The number of fused-ring (bicyclic) bond motifs is 2. The van der Waals surface area contributed by atoms with Crippen molar-refractivity contribution in [2.75, 3.05) is 37.4 Å². The van der Waals surface area contributed by atoms with E-state index in [2.05, 4.69) is 20.4 Å². The van der Waals surface area contributed by atoms with E-state index in [0.717, 1.165) is 85.5 Å². The van der Waals surface area contributed by atoms with Gasteiger partial charge in [0.05, 0.1) is 40.7 Å². The van der Waals surface area contributed by atoms with Crippen LogP contribution in [-0.4, -0.2) is 90.7 Å². The summed E-state index contributed by atoms with van der Waals surface area (Å²) in [6, 6.07) is 11.5. The predicted molar refractivity (Wildman–Crippen MR) is 211 cm³/mol. The molecule has 1 fully saturated rings. The van der Waals surface area contributed by atoms with Crippen molar-refractivity contribution < 1.29 is 24.2 Å². The first-order valence-electron chi connectivity index (χ1n) is 19.1. The van der Waals surface area contributed by atoms with Crippen LogP contribution in [0.4, 0.5) is 11.4 Å². The number of esters is 1. The Morgan fingerprint density at radius 3 is 2.09 bits per heavy atom. The van der Waals surface area contributed by atoms with Gasteiger partial charge >= 0.3 is 5.97 Å². The van der Waals surface area contributed by atoms with Gasteiger partial charge in [-0.25, -0.2) is 9.97 Å². The fourth-order valence-electron chi connectivity index (χ4n) is 8.69. The number of anilines is 2. The third kappa shape index (κ3) is 7.54. The average molecular weight is 771 g/mol. The van der Waals surface area contributed by atoms with Crippen LogP contribution in [0.3, 0.4) is 0 Å². The lowest BCUT2D eigenvalue weighted by Crippen LogP contribution is -2.45. The van der Waals surface area contributed by atoms with E-state index in [1.807, 2.05) is 67.4 Å². The number of halogens is 1. The number of nitrogens with zero attached hydrogens (tertiary/aromatic N) is 6. The Morgan fingerprint density at radius 2 is 1.47 bits per heavy atom. The number of aliphatic hydroxyl groups excluding tert-OH is 1. The number of carbonyl (C=O) groups excluding carboxylic acids is 3. The minimum atomic E-state index is -0.436. The molecule has 4 heterocycles. The monoisotopic (exact) mass is 770 g/mol. The Hall–Kier alpha value is -4.56. The fraction of sp³-hybridized carbons (Fsp3) is 0.488. The third-order valence-electron chi connectivity index (χ3n) is 11.9. The number of amides is 2. The molecule has 3 aliphatic rings. The molecule has 1 aliphatic carbocycles. The number of aliphatic hydroxyl groups is 1. The summed E-state index contributed by atoms with van der Waals surface area (Å²) in [4.78, 5) is 53.8. The number of imidazole rings is 2. The molecule has 0 spiro atoms. The highest BCUT2D eigenvalue weighted by Crippen LogP contribution is 2.40. The molecule has 13 nitrogen and oxygen atoms in total. The van der Waals surface area contributed by atoms with E-state index >= 15 is 0 Å². The topological polar surface area (TPSA) is 147 Å². The largest absolute Gasteiger partial charge is 0.469 e. The number of β-amino-alcohol motifs (C(OH)–C–C–N with tert-alkyl or cyclic N) is 1. The van der Waals surface area contributed by atoms with Crippen LogP contribution in [0.15, 0.2) is 36.4 Å².